The van der Waals surface area contributed by atoms with Gasteiger partial charge in [0.25, 0.3) is 0 Å². The number of sulfone groups is 1. The van der Waals surface area contributed by atoms with Gasteiger partial charge in [-0.1, -0.05) is 19.1 Å². The Bertz CT molecular complexity index is 693. The molecule has 7 heteroatoms. The number of H-pyrrole nitrogens is 1. The summed E-state index contributed by atoms with van der Waals surface area (Å²) in [6.45, 7) is 4.11. The van der Waals surface area contributed by atoms with Crippen LogP contribution in [0.2, 0.25) is 0 Å². The Morgan fingerprint density at radius 3 is 2.48 bits per heavy atom. The van der Waals surface area contributed by atoms with Crippen LogP contribution in [0.4, 0.5) is 0 Å². The van der Waals surface area contributed by atoms with Crippen LogP contribution in [-0.2, 0) is 22.0 Å². The number of aromatic nitrogens is 3. The molecule has 0 radical (unpaired) electrons. The van der Waals surface area contributed by atoms with Crippen LogP contribution in [0, 0.1) is 0 Å². The maximum atomic E-state index is 11.4. The largest absolute Gasteiger partial charge is 0.262 e. The summed E-state index contributed by atoms with van der Waals surface area (Å²) < 4.78 is 22.9. The van der Waals surface area contributed by atoms with E-state index in [1.165, 1.54) is 6.26 Å². The van der Waals surface area contributed by atoms with Crippen molar-refractivity contribution in [2.75, 3.05) is 6.26 Å². The van der Waals surface area contributed by atoms with Gasteiger partial charge >= 0.3 is 0 Å². The number of rotatable bonds is 6. The molecule has 1 aromatic carbocycles. The van der Waals surface area contributed by atoms with Crippen LogP contribution < -0.4 is 0 Å². The average Bonchev–Trinajstić information content (AvgIpc) is 2.92. The van der Waals surface area contributed by atoms with Gasteiger partial charge in [0.1, 0.15) is 11.6 Å². The van der Waals surface area contributed by atoms with Gasteiger partial charge in [0.15, 0.2) is 9.84 Å². The molecule has 0 fully saturated rings. The first-order valence-electron chi connectivity index (χ1n) is 6.72. The van der Waals surface area contributed by atoms with Crippen LogP contribution in [0.3, 0.4) is 0 Å². The zero-order valence-corrected chi connectivity index (χ0v) is 14.0. The van der Waals surface area contributed by atoms with E-state index in [-0.39, 0.29) is 5.25 Å². The molecule has 1 aromatic heterocycles. The van der Waals surface area contributed by atoms with Crippen molar-refractivity contribution in [3.63, 3.8) is 0 Å². The van der Waals surface area contributed by atoms with Gasteiger partial charge in [-0.3, -0.25) is 5.10 Å². The van der Waals surface area contributed by atoms with Crippen LogP contribution in [-0.4, -0.2) is 29.9 Å². The molecule has 2 rings (SSSR count). The number of thioether (sulfide) groups is 1. The highest BCUT2D eigenvalue weighted by Gasteiger charge is 2.11. The SMILES string of the molecule is CCc1n[nH]c(CS[C@H](C)c2ccc(S(C)(=O)=O)cc2)n1. The fourth-order valence-corrected chi connectivity index (χ4v) is 3.36. The van der Waals surface area contributed by atoms with Crippen LogP contribution >= 0.6 is 11.8 Å². The Hall–Kier alpha value is -1.34. The fourth-order valence-electron chi connectivity index (χ4n) is 1.84. The van der Waals surface area contributed by atoms with E-state index in [1.54, 1.807) is 23.9 Å². The van der Waals surface area contributed by atoms with Crippen LogP contribution in [0.25, 0.3) is 0 Å². The second kappa shape index (κ2) is 6.62. The highest BCUT2D eigenvalue weighted by molar-refractivity contribution is 7.98. The lowest BCUT2D eigenvalue weighted by Gasteiger charge is -2.11. The van der Waals surface area contributed by atoms with Crippen molar-refractivity contribution in [1.82, 2.24) is 15.2 Å². The second-order valence-electron chi connectivity index (χ2n) is 4.85. The molecule has 0 amide bonds. The summed E-state index contributed by atoms with van der Waals surface area (Å²) in [6.07, 6.45) is 2.04. The van der Waals surface area contributed by atoms with Gasteiger partial charge in [0, 0.05) is 17.9 Å². The smallest absolute Gasteiger partial charge is 0.175 e. The first kappa shape index (κ1) is 16.0. The summed E-state index contributed by atoms with van der Waals surface area (Å²) in [5, 5.41) is 7.30. The molecule has 0 bridgehead atoms. The van der Waals surface area contributed by atoms with E-state index in [9.17, 15) is 8.42 Å². The van der Waals surface area contributed by atoms with E-state index in [0.29, 0.717) is 4.90 Å². The maximum Gasteiger partial charge on any atom is 0.175 e. The molecule has 2 aromatic rings. The molecule has 0 unspecified atom stereocenters. The minimum absolute atomic E-state index is 0.258. The normalized spacial score (nSPS) is 13.3. The Morgan fingerprint density at radius 1 is 1.29 bits per heavy atom. The predicted molar refractivity (Wildman–Crippen MR) is 85.0 cm³/mol. The molecular formula is C14H19N3O2S2. The number of hydrogen-bond acceptors (Lipinski definition) is 5. The second-order valence-corrected chi connectivity index (χ2v) is 8.19. The first-order valence-corrected chi connectivity index (χ1v) is 9.66. The van der Waals surface area contributed by atoms with Gasteiger partial charge in [-0.2, -0.15) is 5.10 Å². The summed E-state index contributed by atoms with van der Waals surface area (Å²) in [5.41, 5.74) is 1.10. The monoisotopic (exact) mass is 325 g/mol. The topological polar surface area (TPSA) is 75.7 Å². The van der Waals surface area contributed by atoms with Crippen molar-refractivity contribution in [2.24, 2.45) is 0 Å². The van der Waals surface area contributed by atoms with Crippen LogP contribution in [0.1, 0.15) is 36.3 Å². The molecular weight excluding hydrogens is 306 g/mol. The molecule has 0 spiro atoms. The van der Waals surface area contributed by atoms with Gasteiger partial charge in [0.2, 0.25) is 0 Å². The maximum absolute atomic E-state index is 11.4. The number of aromatic amines is 1. The molecule has 1 N–H and O–H groups in total. The lowest BCUT2D eigenvalue weighted by atomic mass is 10.2. The van der Waals surface area contributed by atoms with Gasteiger partial charge in [0.05, 0.1) is 10.6 Å². The third-order valence-electron chi connectivity index (χ3n) is 3.14. The van der Waals surface area contributed by atoms with Gasteiger partial charge in [-0.05, 0) is 24.6 Å². The molecule has 1 atom stereocenters. The lowest BCUT2D eigenvalue weighted by Crippen LogP contribution is -1.98. The molecule has 1 heterocycles. The van der Waals surface area contributed by atoms with E-state index < -0.39 is 9.84 Å². The average molecular weight is 325 g/mol. The summed E-state index contributed by atoms with van der Waals surface area (Å²) >= 11 is 1.74. The Kier molecular flexibility index (Phi) is 5.05. The molecule has 21 heavy (non-hydrogen) atoms. The standard InChI is InChI=1S/C14H19N3O2S2/c1-4-13-15-14(17-16-13)9-20-10(2)11-5-7-12(8-6-11)21(3,18)19/h5-8,10H,4,9H2,1-3H3,(H,15,16,17)/t10-/m1/s1. The number of nitrogens with one attached hydrogen (secondary N) is 1. The van der Waals surface area contributed by atoms with E-state index in [0.717, 1.165) is 29.4 Å². The Balaban J connectivity index is 1.98. The summed E-state index contributed by atoms with van der Waals surface area (Å²) in [7, 11) is -3.13. The third kappa shape index (κ3) is 4.31. The van der Waals surface area contributed by atoms with Crippen molar-refractivity contribution in [2.45, 2.75) is 36.2 Å². The van der Waals surface area contributed by atoms with Gasteiger partial charge in [-0.15, -0.1) is 11.8 Å². The molecule has 0 aliphatic rings. The highest BCUT2D eigenvalue weighted by atomic mass is 32.2. The van der Waals surface area contributed by atoms with E-state index >= 15 is 0 Å². The van der Waals surface area contributed by atoms with Gasteiger partial charge < -0.3 is 0 Å². The molecule has 114 valence electrons. The molecule has 0 saturated heterocycles. The quantitative estimate of drug-likeness (QED) is 0.884. The predicted octanol–water partition coefficient (Wildman–Crippen LogP) is 2.77. The van der Waals surface area contributed by atoms with Crippen molar-refractivity contribution >= 4 is 21.6 Å². The van der Waals surface area contributed by atoms with Crippen molar-refractivity contribution in [1.29, 1.82) is 0 Å². The minimum Gasteiger partial charge on any atom is -0.262 e. The molecule has 5 nitrogen and oxygen atoms in total. The van der Waals surface area contributed by atoms with E-state index in [1.807, 2.05) is 19.1 Å². The number of nitrogens with zero attached hydrogens (tertiary/aromatic N) is 2. The van der Waals surface area contributed by atoms with Crippen LogP contribution in [0.15, 0.2) is 29.2 Å². The highest BCUT2D eigenvalue weighted by Crippen LogP contribution is 2.30. The number of benzene rings is 1. The third-order valence-corrected chi connectivity index (χ3v) is 5.48. The molecule has 0 aliphatic heterocycles. The van der Waals surface area contributed by atoms with Crippen molar-refractivity contribution in [3.05, 3.63) is 41.5 Å². The van der Waals surface area contributed by atoms with Crippen molar-refractivity contribution < 1.29 is 8.42 Å². The molecule has 0 saturated carbocycles. The fraction of sp³-hybridized carbons (Fsp3) is 0.429. The van der Waals surface area contributed by atoms with E-state index in [2.05, 4.69) is 22.1 Å². The minimum atomic E-state index is -3.13. The Morgan fingerprint density at radius 2 is 1.95 bits per heavy atom. The van der Waals surface area contributed by atoms with Crippen LogP contribution in [0.5, 0.6) is 0 Å². The molecule has 0 aliphatic carbocycles. The van der Waals surface area contributed by atoms with E-state index in [4.69, 9.17) is 0 Å². The zero-order valence-electron chi connectivity index (χ0n) is 12.3. The van der Waals surface area contributed by atoms with Crippen molar-refractivity contribution in [3.8, 4) is 0 Å². The lowest BCUT2D eigenvalue weighted by molar-refractivity contribution is 0.602. The Labute approximate surface area is 129 Å². The number of hydrogen-bond donors (Lipinski definition) is 1. The number of aryl methyl sites for hydroxylation is 1. The summed E-state index contributed by atoms with van der Waals surface area (Å²) in [4.78, 5) is 4.73. The first-order chi connectivity index (χ1) is 9.90. The summed E-state index contributed by atoms with van der Waals surface area (Å²) in [5.74, 6) is 2.45. The van der Waals surface area contributed by atoms with Gasteiger partial charge in [-0.25, -0.2) is 13.4 Å². The zero-order chi connectivity index (χ0) is 15.5. The summed E-state index contributed by atoms with van der Waals surface area (Å²) in [6, 6.07) is 7.05.